The molecule has 15 nitrogen and oxygen atoms in total. The average molecular weight is 700 g/mol. The molecule has 4 heterocycles. The van der Waals surface area contributed by atoms with Gasteiger partial charge in [0.25, 0.3) is 10.0 Å². The number of sulfonamides is 1. The number of thiazole rings is 1. The van der Waals surface area contributed by atoms with Gasteiger partial charge in [0, 0.05) is 55.3 Å². The summed E-state index contributed by atoms with van der Waals surface area (Å²) in [6.07, 6.45) is 0.262. The van der Waals surface area contributed by atoms with E-state index >= 15 is 0 Å². The van der Waals surface area contributed by atoms with Crippen molar-refractivity contribution in [1.29, 1.82) is 0 Å². The first-order chi connectivity index (χ1) is 22.6. The number of rotatable bonds is 8. The Bertz CT molecular complexity index is 1940. The maximum absolute atomic E-state index is 13.4. The fraction of sp³-hybridized carbons (Fsp3) is 0.484. The van der Waals surface area contributed by atoms with Crippen molar-refractivity contribution in [3.8, 4) is 11.1 Å². The second-order valence-electron chi connectivity index (χ2n) is 12.6. The largest absolute Gasteiger partial charge is 0.453 e. The molecule has 1 amide bonds. The van der Waals surface area contributed by atoms with E-state index in [0.717, 1.165) is 33.4 Å². The van der Waals surface area contributed by atoms with E-state index in [-0.39, 0.29) is 15.4 Å². The molecular weight excluding hydrogens is 659 g/mol. The van der Waals surface area contributed by atoms with Gasteiger partial charge in [-0.15, -0.1) is 0 Å². The zero-order valence-electron chi connectivity index (χ0n) is 28.3. The lowest BCUT2D eigenvalue weighted by atomic mass is 10.0. The lowest BCUT2D eigenvalue weighted by Gasteiger charge is -2.35. The van der Waals surface area contributed by atoms with Crippen LogP contribution in [0.3, 0.4) is 0 Å². The molecule has 48 heavy (non-hydrogen) atoms. The van der Waals surface area contributed by atoms with E-state index in [1.165, 1.54) is 22.4 Å². The molecule has 1 aliphatic rings. The number of fused-ring (bicyclic) bond motifs is 1. The Balaban J connectivity index is 1.26. The topological polar surface area (TPSA) is 174 Å². The van der Waals surface area contributed by atoms with Gasteiger partial charge in [-0.3, -0.25) is 10.2 Å². The van der Waals surface area contributed by atoms with Gasteiger partial charge in [0.1, 0.15) is 17.7 Å². The molecule has 1 unspecified atom stereocenters. The molecule has 5 rings (SSSR count). The van der Waals surface area contributed by atoms with E-state index in [2.05, 4.69) is 47.2 Å². The van der Waals surface area contributed by atoms with Crippen LogP contribution in [0.1, 0.15) is 44.8 Å². The molecule has 17 heteroatoms. The molecule has 0 bridgehead atoms. The average Bonchev–Trinajstić information content (AvgIpc) is 3.54. The van der Waals surface area contributed by atoms with Gasteiger partial charge in [-0.05, 0) is 54.5 Å². The summed E-state index contributed by atoms with van der Waals surface area (Å²) >= 11 is 0.909. The number of nitrogens with zero attached hydrogens (tertiary/aromatic N) is 7. The molecule has 0 aliphatic carbocycles. The minimum absolute atomic E-state index is 0.0241. The lowest BCUT2D eigenvalue weighted by Crippen LogP contribution is -2.50. The highest BCUT2D eigenvalue weighted by molar-refractivity contribution is 7.91. The summed E-state index contributed by atoms with van der Waals surface area (Å²) in [5.41, 5.74) is 3.36. The van der Waals surface area contributed by atoms with Crippen molar-refractivity contribution >= 4 is 55.4 Å². The number of methoxy groups -OCH3 is 1. The minimum atomic E-state index is -3.78. The molecule has 0 radical (unpaired) electrons. The smallest absolute Gasteiger partial charge is 0.435 e. The van der Waals surface area contributed by atoms with E-state index in [4.69, 9.17) is 4.74 Å². The summed E-state index contributed by atoms with van der Waals surface area (Å²) < 4.78 is 39.8. The van der Waals surface area contributed by atoms with Crippen LogP contribution in [0, 0.1) is 20.8 Å². The molecule has 3 aromatic heterocycles. The van der Waals surface area contributed by atoms with E-state index < -0.39 is 27.8 Å². The minimum Gasteiger partial charge on any atom is -0.453 e. The summed E-state index contributed by atoms with van der Waals surface area (Å²) in [5, 5.41) is 11.4. The number of carbonyl (C=O) groups is 2. The predicted octanol–water partition coefficient (Wildman–Crippen LogP) is 4.64. The molecule has 1 saturated heterocycles. The van der Waals surface area contributed by atoms with Crippen LogP contribution >= 0.6 is 11.3 Å². The first kappa shape index (κ1) is 35.1. The molecule has 1 aromatic carbocycles. The molecular formula is C31H41N9O6S2. The lowest BCUT2D eigenvalue weighted by molar-refractivity contribution is 0.0510. The highest BCUT2D eigenvalue weighted by atomic mass is 32.2. The van der Waals surface area contributed by atoms with Crippen LogP contribution < -0.4 is 10.6 Å². The number of anilines is 2. The second kappa shape index (κ2) is 13.7. The van der Waals surface area contributed by atoms with Crippen molar-refractivity contribution in [3.63, 3.8) is 0 Å². The van der Waals surface area contributed by atoms with Crippen LogP contribution in [0.15, 0.2) is 28.7 Å². The number of piperazine rings is 1. The first-order valence-corrected chi connectivity index (χ1v) is 17.7. The van der Waals surface area contributed by atoms with Crippen LogP contribution in [0.4, 0.5) is 20.5 Å². The predicted molar refractivity (Wildman–Crippen MR) is 183 cm³/mol. The Morgan fingerprint density at radius 2 is 1.77 bits per heavy atom. The van der Waals surface area contributed by atoms with Gasteiger partial charge in [-0.1, -0.05) is 23.5 Å². The van der Waals surface area contributed by atoms with E-state index in [1.54, 1.807) is 6.92 Å². The molecule has 1 fully saturated rings. The summed E-state index contributed by atoms with van der Waals surface area (Å²) in [5.74, 6) is 0.669. The number of aryl methyl sites for hydroxylation is 2. The third-order valence-electron chi connectivity index (χ3n) is 7.76. The van der Waals surface area contributed by atoms with Crippen molar-refractivity contribution in [2.75, 3.05) is 50.5 Å². The molecule has 0 saturated carbocycles. The fourth-order valence-corrected chi connectivity index (χ4v) is 8.63. The number of aromatic nitrogens is 5. The van der Waals surface area contributed by atoms with Crippen molar-refractivity contribution in [2.24, 2.45) is 0 Å². The normalized spacial score (nSPS) is 15.3. The van der Waals surface area contributed by atoms with E-state index in [1.807, 2.05) is 52.8 Å². The Morgan fingerprint density at radius 3 is 2.44 bits per heavy atom. The fourth-order valence-electron chi connectivity index (χ4n) is 5.67. The molecule has 4 aromatic rings. The number of carbonyl (C=O) groups excluding carboxylic acids is 2. The third-order valence-corrected chi connectivity index (χ3v) is 11.3. The van der Waals surface area contributed by atoms with Gasteiger partial charge in [-0.2, -0.15) is 14.1 Å². The monoisotopic (exact) mass is 699 g/mol. The number of ether oxygens (including phenoxy) is 2. The Morgan fingerprint density at radius 1 is 1.06 bits per heavy atom. The number of amides is 1. The number of hydrogen-bond donors (Lipinski definition) is 2. The SMILES string of the molecule is COC(=O)Nc1nc(C)c(S(=O)(=O)N2CCN(CC(C)Nc3ncnc4c(-c5c(C)nn(C(=O)OC(C)(C)C)c5C)cccc34)CC2)s1. The number of nitrogens with one attached hydrogen (secondary N) is 2. The highest BCUT2D eigenvalue weighted by Gasteiger charge is 2.33. The summed E-state index contributed by atoms with van der Waals surface area (Å²) in [4.78, 5) is 39.9. The van der Waals surface area contributed by atoms with Gasteiger partial charge >= 0.3 is 12.2 Å². The first-order valence-electron chi connectivity index (χ1n) is 15.4. The molecule has 258 valence electrons. The van der Waals surface area contributed by atoms with Crippen molar-refractivity contribution in [2.45, 2.75) is 64.3 Å². The molecule has 2 N–H and O–H groups in total. The maximum Gasteiger partial charge on any atom is 0.435 e. The Kier molecular flexibility index (Phi) is 10.1. The number of para-hydroxylation sites is 1. The quantitative estimate of drug-likeness (QED) is 0.261. The zero-order chi connectivity index (χ0) is 35.0. The summed E-state index contributed by atoms with van der Waals surface area (Å²) in [6, 6.07) is 5.81. The van der Waals surface area contributed by atoms with Crippen LogP contribution in [0.5, 0.6) is 0 Å². The van der Waals surface area contributed by atoms with E-state index in [0.29, 0.717) is 55.6 Å². The van der Waals surface area contributed by atoms with Crippen LogP contribution in [-0.4, -0.2) is 106 Å². The molecule has 0 spiro atoms. The summed E-state index contributed by atoms with van der Waals surface area (Å²) in [7, 11) is -2.55. The van der Waals surface area contributed by atoms with Crippen LogP contribution in [0.25, 0.3) is 22.0 Å². The molecule has 1 aliphatic heterocycles. The highest BCUT2D eigenvalue weighted by Crippen LogP contribution is 2.35. The van der Waals surface area contributed by atoms with Gasteiger partial charge in [-0.25, -0.2) is 33.0 Å². The third kappa shape index (κ3) is 7.43. The van der Waals surface area contributed by atoms with Gasteiger partial charge < -0.3 is 14.8 Å². The summed E-state index contributed by atoms with van der Waals surface area (Å²) in [6.45, 7) is 15.2. The number of benzene rings is 1. The van der Waals surface area contributed by atoms with Crippen molar-refractivity contribution in [3.05, 3.63) is 41.6 Å². The Hall–Kier alpha value is -4.19. The second-order valence-corrected chi connectivity index (χ2v) is 15.8. The van der Waals surface area contributed by atoms with Crippen LogP contribution in [-0.2, 0) is 19.5 Å². The van der Waals surface area contributed by atoms with Gasteiger partial charge in [0.05, 0.1) is 29.7 Å². The maximum atomic E-state index is 13.4. The molecule has 1 atom stereocenters. The number of hydrogen-bond acceptors (Lipinski definition) is 13. The van der Waals surface area contributed by atoms with E-state index in [9.17, 15) is 18.0 Å². The van der Waals surface area contributed by atoms with Gasteiger partial charge in [0.2, 0.25) is 0 Å². The zero-order valence-corrected chi connectivity index (χ0v) is 30.0. The Labute approximate surface area is 283 Å². The van der Waals surface area contributed by atoms with Crippen molar-refractivity contribution in [1.82, 2.24) is 33.9 Å². The van der Waals surface area contributed by atoms with Crippen LogP contribution in [0.2, 0.25) is 0 Å². The standard InChI is InChI=1S/C31H41N9O6S2/c1-18(16-38-12-14-39(15-13-38)48(43,44)27-20(3)35-28(47-27)36-29(41)45-8)34-26-23-11-9-10-22(25(23)32-17-33-26)24-19(2)37-40(21(24)4)30(42)46-31(5,6)7/h9-11,17-18H,12-16H2,1-8H3,(H,32,33,34)(H,35,36,41). The van der Waals surface area contributed by atoms with Gasteiger partial charge in [0.15, 0.2) is 9.34 Å². The van der Waals surface area contributed by atoms with Crippen molar-refractivity contribution < 1.29 is 27.5 Å².